The van der Waals surface area contributed by atoms with Gasteiger partial charge in [0.2, 0.25) is 11.9 Å². The van der Waals surface area contributed by atoms with Gasteiger partial charge in [0, 0.05) is 35.8 Å². The molecule has 0 saturated carbocycles. The predicted molar refractivity (Wildman–Crippen MR) is 130 cm³/mol. The molecule has 1 amide bonds. The van der Waals surface area contributed by atoms with Crippen LogP contribution in [-0.4, -0.2) is 27.4 Å². The van der Waals surface area contributed by atoms with E-state index in [0.717, 1.165) is 35.1 Å². The van der Waals surface area contributed by atoms with Gasteiger partial charge >= 0.3 is 0 Å². The van der Waals surface area contributed by atoms with Gasteiger partial charge in [-0.1, -0.05) is 12.1 Å². The zero-order valence-electron chi connectivity index (χ0n) is 19.2. The van der Waals surface area contributed by atoms with E-state index in [1.807, 2.05) is 31.2 Å². The van der Waals surface area contributed by atoms with Crippen molar-refractivity contribution < 1.29 is 18.0 Å². The molecular formula is C26H21F3N6O. The van der Waals surface area contributed by atoms with Gasteiger partial charge < -0.3 is 16.0 Å². The lowest BCUT2D eigenvalue weighted by atomic mass is 10.0. The SMILES string of the molecule is Cc1cnc2nc1Nc1cccc(c1)CCCNC(=O)c1c(F)cc(cc1F)-c1cnc(F)c(c1)N2. The number of aryl methyl sites for hydroxylation is 2. The fourth-order valence-corrected chi connectivity index (χ4v) is 3.92. The van der Waals surface area contributed by atoms with Crippen LogP contribution in [0.25, 0.3) is 11.1 Å². The number of pyridine rings is 1. The van der Waals surface area contributed by atoms with Gasteiger partial charge in [-0.25, -0.2) is 18.7 Å². The number of hydrogen-bond acceptors (Lipinski definition) is 6. The van der Waals surface area contributed by atoms with Crippen molar-refractivity contribution in [2.45, 2.75) is 19.8 Å². The Morgan fingerprint density at radius 2 is 1.72 bits per heavy atom. The molecule has 4 aromatic rings. The summed E-state index contributed by atoms with van der Waals surface area (Å²) in [6.45, 7) is 2.08. The van der Waals surface area contributed by atoms with Gasteiger partial charge in [0.05, 0.1) is 5.69 Å². The highest BCUT2D eigenvalue weighted by molar-refractivity contribution is 5.95. The Bertz CT molecular complexity index is 1450. The molecule has 2 aliphatic heterocycles. The molecule has 2 aromatic carbocycles. The first-order chi connectivity index (χ1) is 17.4. The number of halogens is 3. The molecule has 36 heavy (non-hydrogen) atoms. The van der Waals surface area contributed by atoms with Crippen molar-refractivity contribution in [3.05, 3.63) is 89.1 Å². The van der Waals surface area contributed by atoms with Crippen molar-refractivity contribution in [1.82, 2.24) is 20.3 Å². The average molecular weight is 490 g/mol. The number of hydrogen-bond donors (Lipinski definition) is 3. The molecular weight excluding hydrogens is 469 g/mol. The lowest BCUT2D eigenvalue weighted by molar-refractivity contribution is 0.0945. The summed E-state index contributed by atoms with van der Waals surface area (Å²) in [5.41, 5.74) is 2.14. The van der Waals surface area contributed by atoms with E-state index in [0.29, 0.717) is 18.7 Å². The van der Waals surface area contributed by atoms with Gasteiger partial charge in [0.1, 0.15) is 23.0 Å². The molecule has 10 heteroatoms. The Kier molecular flexibility index (Phi) is 6.24. The summed E-state index contributed by atoms with van der Waals surface area (Å²) in [6, 6.07) is 11.0. The number of nitrogens with zero attached hydrogens (tertiary/aromatic N) is 3. The van der Waals surface area contributed by atoms with Crippen molar-refractivity contribution in [3.8, 4) is 11.1 Å². The molecule has 0 aliphatic carbocycles. The second-order valence-electron chi connectivity index (χ2n) is 8.41. The number of carbonyl (C=O) groups excluding carboxylic acids is 1. The fraction of sp³-hybridized carbons (Fsp3) is 0.154. The normalized spacial score (nSPS) is 13.4. The number of anilines is 4. The molecule has 8 bridgehead atoms. The number of fused-ring (bicyclic) bond motifs is 6. The van der Waals surface area contributed by atoms with Crippen LogP contribution >= 0.6 is 0 Å². The maximum atomic E-state index is 14.8. The second kappa shape index (κ2) is 9.65. The molecule has 182 valence electrons. The van der Waals surface area contributed by atoms with E-state index < -0.39 is 29.1 Å². The summed E-state index contributed by atoms with van der Waals surface area (Å²) in [4.78, 5) is 24.8. The summed E-state index contributed by atoms with van der Waals surface area (Å²) in [5.74, 6) is -3.11. The van der Waals surface area contributed by atoms with Crippen LogP contribution < -0.4 is 16.0 Å². The lowest BCUT2D eigenvalue weighted by Gasteiger charge is -2.14. The number of nitrogens with one attached hydrogen (secondary N) is 3. The van der Waals surface area contributed by atoms with Gasteiger partial charge in [0.15, 0.2) is 0 Å². The second-order valence-corrected chi connectivity index (χ2v) is 8.41. The number of amides is 1. The lowest BCUT2D eigenvalue weighted by Crippen LogP contribution is -2.26. The number of carbonyl (C=O) groups is 1. The highest BCUT2D eigenvalue weighted by atomic mass is 19.1. The molecule has 6 rings (SSSR count). The first-order valence-corrected chi connectivity index (χ1v) is 11.3. The first-order valence-electron chi connectivity index (χ1n) is 11.3. The van der Waals surface area contributed by atoms with Crippen LogP contribution in [0.4, 0.5) is 36.3 Å². The third-order valence-electron chi connectivity index (χ3n) is 5.78. The zero-order valence-corrected chi connectivity index (χ0v) is 19.2. The number of rotatable bonds is 0. The molecule has 4 heterocycles. The molecule has 0 atom stereocenters. The minimum atomic E-state index is -1.03. The van der Waals surface area contributed by atoms with Crippen molar-refractivity contribution in [1.29, 1.82) is 0 Å². The highest BCUT2D eigenvalue weighted by Gasteiger charge is 2.20. The third-order valence-corrected chi connectivity index (χ3v) is 5.78. The van der Waals surface area contributed by atoms with Crippen LogP contribution in [0.2, 0.25) is 0 Å². The van der Waals surface area contributed by atoms with Crippen LogP contribution in [0.5, 0.6) is 0 Å². The molecule has 0 fully saturated rings. The van der Waals surface area contributed by atoms with Gasteiger partial charge in [-0.3, -0.25) is 4.79 Å². The number of benzene rings is 2. The monoisotopic (exact) mass is 490 g/mol. The molecule has 7 nitrogen and oxygen atoms in total. The molecule has 3 N–H and O–H groups in total. The van der Waals surface area contributed by atoms with E-state index in [9.17, 15) is 18.0 Å². The topological polar surface area (TPSA) is 91.8 Å². The Balaban J connectivity index is 1.59. The van der Waals surface area contributed by atoms with Gasteiger partial charge in [-0.2, -0.15) is 9.37 Å². The van der Waals surface area contributed by atoms with Crippen LogP contribution in [0.15, 0.2) is 54.9 Å². The molecule has 0 saturated heterocycles. The summed E-state index contributed by atoms with van der Waals surface area (Å²) in [6.07, 6.45) is 3.95. The van der Waals surface area contributed by atoms with Crippen molar-refractivity contribution >= 4 is 29.0 Å². The molecule has 0 radical (unpaired) electrons. The van der Waals surface area contributed by atoms with Gasteiger partial charge in [0.25, 0.3) is 5.91 Å². The van der Waals surface area contributed by atoms with Gasteiger partial charge in [-0.05, 0) is 61.2 Å². The standard InChI is InChI=1S/C26H21F3N6O/c1-14-12-32-26-34-21-11-17(13-31-23(21)29)16-9-19(27)22(20(28)10-16)25(36)30-7-3-5-15-4-2-6-18(8-15)33-24(14)35-26/h2,4,6,8-13H,3,5,7H2,1H3,(H,30,36)(H2,32,33,34,35). The number of aromatic nitrogens is 3. The molecule has 2 aliphatic rings. The summed E-state index contributed by atoms with van der Waals surface area (Å²) in [5, 5.41) is 8.62. The van der Waals surface area contributed by atoms with Gasteiger partial charge in [-0.15, -0.1) is 0 Å². The smallest absolute Gasteiger partial charge is 0.257 e. The predicted octanol–water partition coefficient (Wildman–Crippen LogP) is 5.43. The van der Waals surface area contributed by atoms with Crippen LogP contribution in [0, 0.1) is 24.5 Å². The Labute approximate surface area is 204 Å². The van der Waals surface area contributed by atoms with Crippen molar-refractivity contribution in [2.75, 3.05) is 17.2 Å². The molecule has 0 unspecified atom stereocenters. The molecule has 0 spiro atoms. The summed E-state index contributed by atoms with van der Waals surface area (Å²) in [7, 11) is 0. The van der Waals surface area contributed by atoms with Crippen LogP contribution in [0.1, 0.15) is 27.9 Å². The Hall–Kier alpha value is -4.47. The fourth-order valence-electron chi connectivity index (χ4n) is 3.92. The van der Waals surface area contributed by atoms with E-state index in [1.54, 1.807) is 6.20 Å². The maximum absolute atomic E-state index is 14.8. The molecule has 2 aromatic heterocycles. The Morgan fingerprint density at radius 3 is 2.53 bits per heavy atom. The van der Waals surface area contributed by atoms with E-state index in [2.05, 4.69) is 30.9 Å². The maximum Gasteiger partial charge on any atom is 0.257 e. The average Bonchev–Trinajstić information content (AvgIpc) is 2.84. The zero-order chi connectivity index (χ0) is 25.2. The first kappa shape index (κ1) is 23.3. The minimum absolute atomic E-state index is 0.0821. The van der Waals surface area contributed by atoms with Crippen LogP contribution in [-0.2, 0) is 6.42 Å². The Morgan fingerprint density at radius 1 is 0.917 bits per heavy atom. The van der Waals surface area contributed by atoms with Crippen molar-refractivity contribution in [3.63, 3.8) is 0 Å². The largest absolute Gasteiger partial charge is 0.352 e. The van der Waals surface area contributed by atoms with E-state index in [-0.39, 0.29) is 29.3 Å². The van der Waals surface area contributed by atoms with E-state index in [1.165, 1.54) is 6.07 Å². The summed E-state index contributed by atoms with van der Waals surface area (Å²) < 4.78 is 44.1. The third kappa shape index (κ3) is 4.83. The summed E-state index contributed by atoms with van der Waals surface area (Å²) >= 11 is 0. The quantitative estimate of drug-likeness (QED) is 0.285. The highest BCUT2D eigenvalue weighted by Crippen LogP contribution is 2.29. The minimum Gasteiger partial charge on any atom is -0.352 e. The van der Waals surface area contributed by atoms with Crippen LogP contribution in [0.3, 0.4) is 0 Å². The van der Waals surface area contributed by atoms with Crippen molar-refractivity contribution in [2.24, 2.45) is 0 Å². The van der Waals surface area contributed by atoms with E-state index >= 15 is 0 Å². The van der Waals surface area contributed by atoms with E-state index in [4.69, 9.17) is 0 Å².